The maximum Gasteiger partial charge on any atom is 0.178 e. The zero-order chi connectivity index (χ0) is 16.5. The van der Waals surface area contributed by atoms with Crippen LogP contribution in [-0.2, 0) is 9.53 Å². The SMILES string of the molecule is CC1COC2CC[C@H]3[C@@H]4CCC5=CC(=O)C=C[C@]5(CO)[C@H]4CC[C@]123. The molecule has 3 nitrogen and oxygen atoms in total. The summed E-state index contributed by atoms with van der Waals surface area (Å²) in [6, 6.07) is 0. The second-order valence-electron chi connectivity index (χ2n) is 8.97. The Kier molecular flexibility index (Phi) is 3.22. The summed E-state index contributed by atoms with van der Waals surface area (Å²) in [7, 11) is 0. The Morgan fingerprint density at radius 1 is 1.25 bits per heavy atom. The maximum absolute atomic E-state index is 11.8. The van der Waals surface area contributed by atoms with Gasteiger partial charge in [-0.1, -0.05) is 18.6 Å². The predicted octanol–water partition coefficient (Wildman–Crippen LogP) is 3.28. The third-order valence-corrected chi connectivity index (χ3v) is 8.55. The Balaban J connectivity index is 1.55. The van der Waals surface area contributed by atoms with Crippen LogP contribution in [0.3, 0.4) is 0 Å². The van der Waals surface area contributed by atoms with Crippen molar-refractivity contribution in [2.75, 3.05) is 13.2 Å². The smallest absolute Gasteiger partial charge is 0.178 e. The Morgan fingerprint density at radius 2 is 2.12 bits per heavy atom. The first-order valence-corrected chi connectivity index (χ1v) is 9.78. The first-order chi connectivity index (χ1) is 11.6. The van der Waals surface area contributed by atoms with Gasteiger partial charge in [-0.2, -0.15) is 0 Å². The maximum atomic E-state index is 11.8. The minimum absolute atomic E-state index is 0.0959. The fourth-order valence-corrected chi connectivity index (χ4v) is 7.54. The van der Waals surface area contributed by atoms with Gasteiger partial charge in [0.05, 0.1) is 19.3 Å². The van der Waals surface area contributed by atoms with E-state index >= 15 is 0 Å². The topological polar surface area (TPSA) is 46.5 Å². The molecule has 0 bridgehead atoms. The Labute approximate surface area is 144 Å². The number of ketones is 1. The van der Waals surface area contributed by atoms with E-state index in [4.69, 9.17) is 4.74 Å². The molecule has 0 aromatic heterocycles. The molecule has 3 saturated carbocycles. The van der Waals surface area contributed by atoms with Crippen LogP contribution in [0.2, 0.25) is 0 Å². The number of aliphatic hydroxyl groups excluding tert-OH is 1. The van der Waals surface area contributed by atoms with Crippen molar-refractivity contribution < 1.29 is 14.6 Å². The molecule has 0 aromatic carbocycles. The van der Waals surface area contributed by atoms with Gasteiger partial charge >= 0.3 is 0 Å². The number of carbonyl (C=O) groups is 1. The fraction of sp³-hybridized carbons (Fsp3) is 0.762. The molecule has 1 saturated heterocycles. The van der Waals surface area contributed by atoms with Crippen LogP contribution in [-0.4, -0.2) is 30.2 Å². The summed E-state index contributed by atoms with van der Waals surface area (Å²) in [6.07, 6.45) is 13.1. The van der Waals surface area contributed by atoms with Gasteiger partial charge < -0.3 is 9.84 Å². The van der Waals surface area contributed by atoms with E-state index in [0.717, 1.165) is 18.9 Å². The van der Waals surface area contributed by atoms with Crippen molar-refractivity contribution in [1.82, 2.24) is 0 Å². The van der Waals surface area contributed by atoms with Crippen molar-refractivity contribution in [3.63, 3.8) is 0 Å². The first kappa shape index (κ1) is 15.3. The molecular weight excluding hydrogens is 300 g/mol. The van der Waals surface area contributed by atoms with E-state index in [1.807, 2.05) is 6.08 Å². The van der Waals surface area contributed by atoms with Crippen molar-refractivity contribution in [2.24, 2.45) is 34.5 Å². The van der Waals surface area contributed by atoms with E-state index in [1.54, 1.807) is 6.08 Å². The Bertz CT molecular complexity index is 635. The van der Waals surface area contributed by atoms with E-state index in [0.29, 0.717) is 29.3 Å². The highest BCUT2D eigenvalue weighted by Gasteiger charge is 2.65. The van der Waals surface area contributed by atoms with Crippen LogP contribution in [0, 0.1) is 34.5 Å². The number of ether oxygens (including phenoxy) is 1. The van der Waals surface area contributed by atoms with Crippen LogP contribution in [0.4, 0.5) is 0 Å². The second-order valence-corrected chi connectivity index (χ2v) is 8.97. The van der Waals surface area contributed by atoms with Crippen LogP contribution in [0.1, 0.15) is 45.4 Å². The number of rotatable bonds is 1. The summed E-state index contributed by atoms with van der Waals surface area (Å²) >= 11 is 0. The molecule has 0 radical (unpaired) electrons. The number of fused-ring (bicyclic) bond motifs is 4. The summed E-state index contributed by atoms with van der Waals surface area (Å²) in [4.78, 5) is 11.8. The molecule has 0 aromatic rings. The molecule has 0 amide bonds. The van der Waals surface area contributed by atoms with Gasteiger partial charge in [0.2, 0.25) is 0 Å². The van der Waals surface area contributed by atoms with Gasteiger partial charge in [0.15, 0.2) is 5.78 Å². The molecule has 1 spiro atoms. The van der Waals surface area contributed by atoms with E-state index in [2.05, 4.69) is 13.0 Å². The molecule has 130 valence electrons. The number of hydrogen-bond donors (Lipinski definition) is 1. The summed E-state index contributed by atoms with van der Waals surface area (Å²) in [6.45, 7) is 3.48. The van der Waals surface area contributed by atoms with Crippen LogP contribution in [0.15, 0.2) is 23.8 Å². The summed E-state index contributed by atoms with van der Waals surface area (Å²) in [5.74, 6) is 2.68. The van der Waals surface area contributed by atoms with E-state index in [-0.39, 0.29) is 17.8 Å². The van der Waals surface area contributed by atoms with Gasteiger partial charge in [0.25, 0.3) is 0 Å². The van der Waals surface area contributed by atoms with Crippen molar-refractivity contribution in [3.05, 3.63) is 23.8 Å². The van der Waals surface area contributed by atoms with Crippen molar-refractivity contribution in [1.29, 1.82) is 0 Å². The van der Waals surface area contributed by atoms with Crippen molar-refractivity contribution >= 4 is 5.78 Å². The third-order valence-electron chi connectivity index (χ3n) is 8.55. The molecule has 7 atom stereocenters. The molecular formula is C21H28O3. The standard InChI is InChI=1S/C21H28O3/c1-13-11-24-19-5-4-18-16-3-2-14-10-15(23)6-8-20(14,12-22)17(16)7-9-21(13,18)19/h6,8,10,13,16-19,22H,2-5,7,9,11-12H2,1H3/t13?,16-,17+,18+,19?,20-,21-/m1/s1. The average molecular weight is 328 g/mol. The van der Waals surface area contributed by atoms with Gasteiger partial charge in [-0.25, -0.2) is 0 Å². The predicted molar refractivity (Wildman–Crippen MR) is 91.3 cm³/mol. The van der Waals surface area contributed by atoms with Crippen molar-refractivity contribution in [3.8, 4) is 0 Å². The number of allylic oxidation sites excluding steroid dienone is 2. The molecule has 4 aliphatic carbocycles. The highest BCUT2D eigenvalue weighted by atomic mass is 16.5. The number of aliphatic hydroxyl groups is 1. The minimum Gasteiger partial charge on any atom is -0.395 e. The highest BCUT2D eigenvalue weighted by molar-refractivity contribution is 6.01. The monoisotopic (exact) mass is 328 g/mol. The number of hydrogen-bond acceptors (Lipinski definition) is 3. The molecule has 1 heterocycles. The summed E-state index contributed by atoms with van der Waals surface area (Å²) < 4.78 is 6.18. The van der Waals surface area contributed by atoms with E-state index < -0.39 is 0 Å². The van der Waals surface area contributed by atoms with Crippen LogP contribution < -0.4 is 0 Å². The average Bonchev–Trinajstić information content (AvgIpc) is 3.12. The highest BCUT2D eigenvalue weighted by Crippen LogP contribution is 2.68. The van der Waals surface area contributed by atoms with E-state index in [1.165, 1.54) is 37.7 Å². The Hall–Kier alpha value is -0.930. The van der Waals surface area contributed by atoms with Crippen LogP contribution in [0.25, 0.3) is 0 Å². The zero-order valence-electron chi connectivity index (χ0n) is 14.5. The van der Waals surface area contributed by atoms with Gasteiger partial charge in [-0.05, 0) is 74.3 Å². The van der Waals surface area contributed by atoms with Crippen LogP contribution in [0.5, 0.6) is 0 Å². The summed E-state index contributed by atoms with van der Waals surface area (Å²) in [5, 5.41) is 10.4. The molecule has 5 aliphatic rings. The minimum atomic E-state index is -0.265. The van der Waals surface area contributed by atoms with E-state index in [9.17, 15) is 9.90 Å². The molecule has 1 N–H and O–H groups in total. The molecule has 24 heavy (non-hydrogen) atoms. The van der Waals surface area contributed by atoms with Gasteiger partial charge in [-0.15, -0.1) is 0 Å². The lowest BCUT2D eigenvalue weighted by atomic mass is 9.46. The third kappa shape index (κ3) is 1.68. The zero-order valence-corrected chi connectivity index (χ0v) is 14.5. The van der Waals surface area contributed by atoms with Gasteiger partial charge in [0.1, 0.15) is 0 Å². The molecule has 4 fully saturated rings. The molecule has 2 unspecified atom stereocenters. The molecule has 5 rings (SSSR count). The largest absolute Gasteiger partial charge is 0.395 e. The number of carbonyl (C=O) groups excluding carboxylic acids is 1. The lowest BCUT2D eigenvalue weighted by Crippen LogP contribution is -2.54. The summed E-state index contributed by atoms with van der Waals surface area (Å²) in [5.41, 5.74) is 1.33. The molecule has 3 heteroatoms. The first-order valence-electron chi connectivity index (χ1n) is 9.78. The fourth-order valence-electron chi connectivity index (χ4n) is 7.54. The van der Waals surface area contributed by atoms with Crippen molar-refractivity contribution in [2.45, 2.75) is 51.6 Å². The lowest BCUT2D eigenvalue weighted by Gasteiger charge is -2.58. The second kappa shape index (κ2) is 5.04. The van der Waals surface area contributed by atoms with Gasteiger partial charge in [-0.3, -0.25) is 4.79 Å². The molecule has 1 aliphatic heterocycles. The van der Waals surface area contributed by atoms with Gasteiger partial charge in [0, 0.05) is 10.8 Å². The lowest BCUT2D eigenvalue weighted by molar-refractivity contribution is -0.111. The normalized spacial score (nSPS) is 52.3. The quantitative estimate of drug-likeness (QED) is 0.803. The van der Waals surface area contributed by atoms with Crippen LogP contribution >= 0.6 is 0 Å². The Morgan fingerprint density at radius 3 is 2.96 bits per heavy atom.